The van der Waals surface area contributed by atoms with Gasteiger partial charge in [-0.05, 0) is 32.0 Å². The molecule has 164 valence electrons. The lowest BCUT2D eigenvalue weighted by atomic mass is 10.1. The van der Waals surface area contributed by atoms with Gasteiger partial charge in [0.1, 0.15) is 25.1 Å². The zero-order valence-electron chi connectivity index (χ0n) is 17.4. The summed E-state index contributed by atoms with van der Waals surface area (Å²) in [6.45, 7) is 2.72. The Labute approximate surface area is 179 Å². The summed E-state index contributed by atoms with van der Waals surface area (Å²) >= 11 is 0. The molecule has 2 rings (SSSR count). The first-order valence-electron chi connectivity index (χ1n) is 9.36. The molecule has 0 bridgehead atoms. The molecule has 0 atom stereocenters. The Bertz CT molecular complexity index is 958. The lowest BCUT2D eigenvalue weighted by molar-refractivity contribution is -0.131. The molecule has 1 amide bonds. The molecule has 0 aromatic carbocycles. The molecule has 0 saturated heterocycles. The van der Waals surface area contributed by atoms with Gasteiger partial charge in [-0.3, -0.25) is 4.79 Å². The molecule has 2 heterocycles. The number of hydrogen-bond donors (Lipinski definition) is 1. The number of amides is 1. The Balaban J connectivity index is 1.89. The van der Waals surface area contributed by atoms with Crippen LogP contribution in [0.2, 0.25) is 0 Å². The van der Waals surface area contributed by atoms with Gasteiger partial charge in [0.2, 0.25) is 11.8 Å². The van der Waals surface area contributed by atoms with E-state index in [-0.39, 0.29) is 11.4 Å². The van der Waals surface area contributed by atoms with Crippen LogP contribution in [-0.2, 0) is 15.5 Å². The van der Waals surface area contributed by atoms with Crippen LogP contribution in [0.25, 0.3) is 0 Å². The van der Waals surface area contributed by atoms with Crippen molar-refractivity contribution < 1.29 is 23.0 Å². The van der Waals surface area contributed by atoms with Crippen molar-refractivity contribution in [1.29, 1.82) is 5.26 Å². The van der Waals surface area contributed by atoms with Gasteiger partial charge in [0.15, 0.2) is 0 Å². The Hall–Kier alpha value is -3.58. The van der Waals surface area contributed by atoms with Crippen LogP contribution in [0.1, 0.15) is 25.0 Å². The number of carbonyl (C=O) groups is 1. The maximum atomic E-state index is 14.2. The van der Waals surface area contributed by atoms with Gasteiger partial charge in [-0.2, -0.15) is 14.0 Å². The predicted molar refractivity (Wildman–Crippen MR) is 109 cm³/mol. The first-order valence-corrected chi connectivity index (χ1v) is 9.36. The first-order chi connectivity index (χ1) is 14.8. The van der Waals surface area contributed by atoms with Crippen LogP contribution < -0.4 is 15.0 Å². The fraction of sp³-hybridized carbons (Fsp3) is 0.333. The summed E-state index contributed by atoms with van der Waals surface area (Å²) in [4.78, 5) is 21.8. The van der Waals surface area contributed by atoms with Gasteiger partial charge in [-0.1, -0.05) is 0 Å². The number of anilines is 1. The molecule has 0 aliphatic rings. The number of carbonyl (C=O) groups excluding carboxylic acids is 1. The molecular weight excluding hydrogens is 408 g/mol. The molecule has 0 aliphatic carbocycles. The number of rotatable bonds is 10. The van der Waals surface area contributed by atoms with Crippen LogP contribution in [0.15, 0.2) is 48.6 Å². The standard InChI is InChI=1S/C21H23F2N5O3/c1-4-28(18-6-5-16(10-24)12-26-18)15(2)11-27-19(29)13-31-14-21(22,23)17-7-8-25-20(9-17)30-3/h5-9,11-12H,4,13-14H2,1-3H3,(H,27,29)/b15-11+. The highest BCUT2D eigenvalue weighted by Crippen LogP contribution is 2.29. The number of nitrogens with zero attached hydrogens (tertiary/aromatic N) is 4. The second-order valence-electron chi connectivity index (χ2n) is 6.40. The summed E-state index contributed by atoms with van der Waals surface area (Å²) in [5, 5.41) is 11.4. The largest absolute Gasteiger partial charge is 0.481 e. The third-order valence-electron chi connectivity index (χ3n) is 4.22. The van der Waals surface area contributed by atoms with Gasteiger partial charge in [-0.25, -0.2) is 9.97 Å². The Morgan fingerprint density at radius 1 is 1.35 bits per heavy atom. The molecule has 0 unspecified atom stereocenters. The van der Waals surface area contributed by atoms with Crippen molar-refractivity contribution in [3.63, 3.8) is 0 Å². The number of nitrogens with one attached hydrogen (secondary N) is 1. The van der Waals surface area contributed by atoms with E-state index in [0.29, 0.717) is 23.6 Å². The third kappa shape index (κ3) is 6.72. The first kappa shape index (κ1) is 23.7. The van der Waals surface area contributed by atoms with E-state index in [4.69, 9.17) is 14.7 Å². The van der Waals surface area contributed by atoms with Crippen molar-refractivity contribution in [2.75, 3.05) is 31.8 Å². The molecule has 8 nitrogen and oxygen atoms in total. The highest BCUT2D eigenvalue weighted by atomic mass is 19.3. The molecule has 31 heavy (non-hydrogen) atoms. The average Bonchev–Trinajstić information content (AvgIpc) is 2.78. The zero-order chi connectivity index (χ0) is 22.9. The highest BCUT2D eigenvalue weighted by Gasteiger charge is 2.32. The zero-order valence-corrected chi connectivity index (χ0v) is 17.4. The minimum atomic E-state index is -3.30. The normalized spacial score (nSPS) is 11.5. The molecule has 0 saturated carbocycles. The van der Waals surface area contributed by atoms with E-state index in [0.717, 1.165) is 12.1 Å². The summed E-state index contributed by atoms with van der Waals surface area (Å²) in [5.41, 5.74) is 0.792. The van der Waals surface area contributed by atoms with E-state index >= 15 is 0 Å². The molecule has 1 N–H and O–H groups in total. The second-order valence-corrected chi connectivity index (χ2v) is 6.40. The summed E-state index contributed by atoms with van der Waals surface area (Å²) in [6.07, 6.45) is 4.11. The Morgan fingerprint density at radius 3 is 2.74 bits per heavy atom. The van der Waals surface area contributed by atoms with Crippen LogP contribution in [0.5, 0.6) is 5.88 Å². The van der Waals surface area contributed by atoms with Crippen LogP contribution in [0, 0.1) is 11.3 Å². The van der Waals surface area contributed by atoms with E-state index in [1.54, 1.807) is 19.1 Å². The SMILES string of the molecule is CCN(/C(C)=C/NC(=O)COCC(F)(F)c1ccnc(OC)c1)c1ccc(C#N)cn1. The van der Waals surface area contributed by atoms with E-state index < -0.39 is 25.0 Å². The monoisotopic (exact) mass is 431 g/mol. The van der Waals surface area contributed by atoms with Crippen molar-refractivity contribution in [2.45, 2.75) is 19.8 Å². The third-order valence-corrected chi connectivity index (χ3v) is 4.22. The maximum absolute atomic E-state index is 14.2. The molecule has 0 spiro atoms. The number of ether oxygens (including phenoxy) is 2. The van der Waals surface area contributed by atoms with Gasteiger partial charge in [0.05, 0.1) is 12.7 Å². The van der Waals surface area contributed by atoms with E-state index in [1.807, 2.05) is 17.9 Å². The average molecular weight is 431 g/mol. The van der Waals surface area contributed by atoms with Crippen LogP contribution in [-0.4, -0.2) is 42.7 Å². The lowest BCUT2D eigenvalue weighted by Crippen LogP contribution is -2.29. The van der Waals surface area contributed by atoms with Gasteiger partial charge in [0.25, 0.3) is 5.92 Å². The molecule has 0 aliphatic heterocycles. The van der Waals surface area contributed by atoms with Crippen molar-refractivity contribution in [3.05, 3.63) is 59.7 Å². The Morgan fingerprint density at radius 2 is 2.13 bits per heavy atom. The fourth-order valence-electron chi connectivity index (χ4n) is 2.61. The molecule has 0 fully saturated rings. The van der Waals surface area contributed by atoms with Crippen molar-refractivity contribution in [2.24, 2.45) is 0 Å². The van der Waals surface area contributed by atoms with Crippen molar-refractivity contribution >= 4 is 11.7 Å². The minimum Gasteiger partial charge on any atom is -0.481 e. The quantitative estimate of drug-likeness (QED) is 0.617. The number of allylic oxidation sites excluding steroid dienone is 1. The van der Waals surface area contributed by atoms with E-state index in [1.165, 1.54) is 25.7 Å². The molecule has 0 radical (unpaired) electrons. The van der Waals surface area contributed by atoms with E-state index in [2.05, 4.69) is 15.3 Å². The highest BCUT2D eigenvalue weighted by molar-refractivity contribution is 5.78. The summed E-state index contributed by atoms with van der Waals surface area (Å²) in [7, 11) is 1.33. The Kier molecular flexibility index (Phi) is 8.40. The smallest absolute Gasteiger partial charge is 0.296 e. The predicted octanol–water partition coefficient (Wildman–Crippen LogP) is 2.97. The number of methoxy groups -OCH3 is 1. The van der Waals surface area contributed by atoms with E-state index in [9.17, 15) is 13.6 Å². The lowest BCUT2D eigenvalue weighted by Gasteiger charge is -2.22. The fourth-order valence-corrected chi connectivity index (χ4v) is 2.61. The van der Waals surface area contributed by atoms with Gasteiger partial charge in [0, 0.05) is 42.5 Å². The van der Waals surface area contributed by atoms with Gasteiger partial charge >= 0.3 is 0 Å². The van der Waals surface area contributed by atoms with Crippen molar-refractivity contribution in [1.82, 2.24) is 15.3 Å². The van der Waals surface area contributed by atoms with Gasteiger partial charge in [-0.15, -0.1) is 0 Å². The minimum absolute atomic E-state index is 0.0627. The molecule has 2 aromatic rings. The number of hydrogen-bond acceptors (Lipinski definition) is 7. The topological polar surface area (TPSA) is 100 Å². The van der Waals surface area contributed by atoms with Gasteiger partial charge < -0.3 is 19.7 Å². The number of alkyl halides is 2. The van der Waals surface area contributed by atoms with Crippen LogP contribution in [0.3, 0.4) is 0 Å². The molecular formula is C21H23F2N5O3. The maximum Gasteiger partial charge on any atom is 0.296 e. The molecule has 2 aromatic heterocycles. The summed E-state index contributed by atoms with van der Waals surface area (Å²) in [6, 6.07) is 7.61. The number of aromatic nitrogens is 2. The van der Waals surface area contributed by atoms with Crippen molar-refractivity contribution in [3.8, 4) is 11.9 Å². The molecule has 10 heteroatoms. The number of nitriles is 1. The second kappa shape index (κ2) is 11.0. The number of pyridine rings is 2. The number of halogens is 2. The van der Waals surface area contributed by atoms with Crippen LogP contribution in [0.4, 0.5) is 14.6 Å². The summed E-state index contributed by atoms with van der Waals surface area (Å²) in [5.74, 6) is -3.21. The van der Waals surface area contributed by atoms with Crippen LogP contribution >= 0.6 is 0 Å². The summed E-state index contributed by atoms with van der Waals surface area (Å²) < 4.78 is 38.2.